The van der Waals surface area contributed by atoms with Crippen LogP contribution in [0.2, 0.25) is 0 Å². The summed E-state index contributed by atoms with van der Waals surface area (Å²) in [6, 6.07) is 0.0907. The van der Waals surface area contributed by atoms with E-state index in [4.69, 9.17) is 4.74 Å². The van der Waals surface area contributed by atoms with Crippen molar-refractivity contribution in [2.75, 3.05) is 26.8 Å². The first-order chi connectivity index (χ1) is 6.78. The molecule has 1 N–H and O–H groups in total. The van der Waals surface area contributed by atoms with Gasteiger partial charge in [0.1, 0.15) is 0 Å². The number of nitrogens with zero attached hydrogens (tertiary/aromatic N) is 1. The molecule has 1 saturated carbocycles. The molecule has 2 aliphatic rings. The smallest absolute Gasteiger partial charge is 0.317 e. The molecular formula is C10H18N2O2. The summed E-state index contributed by atoms with van der Waals surface area (Å²) in [5, 5.41) is 2.90. The fraction of sp³-hybridized carbons (Fsp3) is 0.900. The number of hydrogen-bond acceptors (Lipinski definition) is 2. The highest BCUT2D eigenvalue weighted by Crippen LogP contribution is 2.38. The van der Waals surface area contributed by atoms with Crippen molar-refractivity contribution >= 4 is 6.03 Å². The third kappa shape index (κ3) is 1.47. The average Bonchev–Trinajstić information content (AvgIpc) is 2.13. The summed E-state index contributed by atoms with van der Waals surface area (Å²) in [7, 11) is 1.71. The molecule has 1 aliphatic heterocycles. The van der Waals surface area contributed by atoms with E-state index >= 15 is 0 Å². The van der Waals surface area contributed by atoms with E-state index < -0.39 is 0 Å². The van der Waals surface area contributed by atoms with Crippen molar-refractivity contribution in [3.8, 4) is 0 Å². The molecule has 0 atom stereocenters. The van der Waals surface area contributed by atoms with E-state index in [2.05, 4.69) is 5.32 Å². The van der Waals surface area contributed by atoms with Gasteiger partial charge in [-0.05, 0) is 25.7 Å². The number of carbonyl (C=O) groups excluding carboxylic acids is 1. The van der Waals surface area contributed by atoms with Gasteiger partial charge in [0.15, 0.2) is 0 Å². The Balaban J connectivity index is 2.05. The first kappa shape index (κ1) is 9.77. The number of methoxy groups -OCH3 is 1. The topological polar surface area (TPSA) is 41.6 Å². The molecule has 14 heavy (non-hydrogen) atoms. The van der Waals surface area contributed by atoms with Crippen molar-refractivity contribution in [3.05, 3.63) is 0 Å². The Hall–Kier alpha value is -0.770. The van der Waals surface area contributed by atoms with Crippen LogP contribution in [0.3, 0.4) is 0 Å². The van der Waals surface area contributed by atoms with Gasteiger partial charge in [-0.15, -0.1) is 0 Å². The van der Waals surface area contributed by atoms with E-state index in [9.17, 15) is 4.79 Å². The molecule has 0 spiro atoms. The molecular weight excluding hydrogens is 180 g/mol. The van der Waals surface area contributed by atoms with E-state index in [1.807, 2.05) is 4.90 Å². The third-order valence-electron chi connectivity index (χ3n) is 3.35. The molecule has 0 bridgehead atoms. The summed E-state index contributed by atoms with van der Waals surface area (Å²) < 4.78 is 5.23. The Morgan fingerprint density at radius 2 is 2.29 bits per heavy atom. The highest BCUT2D eigenvalue weighted by Gasteiger charge is 2.45. The van der Waals surface area contributed by atoms with E-state index in [-0.39, 0.29) is 11.6 Å². The number of carbonyl (C=O) groups is 1. The van der Waals surface area contributed by atoms with Crippen molar-refractivity contribution in [2.24, 2.45) is 0 Å². The number of urea groups is 1. The van der Waals surface area contributed by atoms with Crippen LogP contribution in [0.25, 0.3) is 0 Å². The van der Waals surface area contributed by atoms with Gasteiger partial charge in [-0.1, -0.05) is 0 Å². The zero-order chi connectivity index (χ0) is 10.0. The second-order valence-corrected chi connectivity index (χ2v) is 4.25. The molecule has 4 nitrogen and oxygen atoms in total. The fourth-order valence-corrected chi connectivity index (χ4v) is 2.43. The average molecular weight is 198 g/mol. The van der Waals surface area contributed by atoms with Crippen molar-refractivity contribution < 1.29 is 9.53 Å². The lowest BCUT2D eigenvalue weighted by Crippen LogP contribution is -2.63. The molecule has 2 rings (SSSR count). The SMILES string of the molecule is COCC1(N2CCCNC2=O)CCC1. The van der Waals surface area contributed by atoms with E-state index in [1.165, 1.54) is 6.42 Å². The fourth-order valence-electron chi connectivity index (χ4n) is 2.43. The van der Waals surface area contributed by atoms with Gasteiger partial charge in [-0.2, -0.15) is 0 Å². The molecule has 0 radical (unpaired) electrons. The second-order valence-electron chi connectivity index (χ2n) is 4.25. The Kier molecular flexibility index (Phi) is 2.63. The molecule has 2 amide bonds. The van der Waals surface area contributed by atoms with E-state index in [1.54, 1.807) is 7.11 Å². The second kappa shape index (κ2) is 3.77. The molecule has 0 aromatic heterocycles. The van der Waals surface area contributed by atoms with Crippen LogP contribution in [0.5, 0.6) is 0 Å². The summed E-state index contributed by atoms with van der Waals surface area (Å²) in [5.74, 6) is 0. The van der Waals surface area contributed by atoms with Crippen molar-refractivity contribution in [2.45, 2.75) is 31.2 Å². The zero-order valence-corrected chi connectivity index (χ0v) is 8.71. The highest BCUT2D eigenvalue weighted by atomic mass is 16.5. The van der Waals surface area contributed by atoms with Gasteiger partial charge in [0.05, 0.1) is 12.1 Å². The minimum atomic E-state index is 0.0131. The molecule has 80 valence electrons. The predicted molar refractivity (Wildman–Crippen MR) is 53.2 cm³/mol. The van der Waals surface area contributed by atoms with Gasteiger partial charge in [0.2, 0.25) is 0 Å². The van der Waals surface area contributed by atoms with Crippen LogP contribution in [0.1, 0.15) is 25.7 Å². The van der Waals surface area contributed by atoms with Crippen LogP contribution >= 0.6 is 0 Å². The van der Waals surface area contributed by atoms with Crippen LogP contribution < -0.4 is 5.32 Å². The van der Waals surface area contributed by atoms with Gasteiger partial charge in [0.25, 0.3) is 0 Å². The minimum Gasteiger partial charge on any atom is -0.382 e. The van der Waals surface area contributed by atoms with Crippen LogP contribution in [0.4, 0.5) is 4.79 Å². The highest BCUT2D eigenvalue weighted by molar-refractivity contribution is 5.76. The van der Waals surface area contributed by atoms with Crippen molar-refractivity contribution in [3.63, 3.8) is 0 Å². The van der Waals surface area contributed by atoms with Crippen LogP contribution in [-0.2, 0) is 4.74 Å². The molecule has 1 aliphatic carbocycles. The Morgan fingerprint density at radius 3 is 2.79 bits per heavy atom. The first-order valence-electron chi connectivity index (χ1n) is 5.33. The maximum atomic E-state index is 11.7. The summed E-state index contributed by atoms with van der Waals surface area (Å²) in [5.41, 5.74) is 0.0131. The summed E-state index contributed by atoms with van der Waals surface area (Å²) in [4.78, 5) is 13.6. The summed E-state index contributed by atoms with van der Waals surface area (Å²) in [6.07, 6.45) is 4.45. The van der Waals surface area contributed by atoms with Gasteiger partial charge in [0, 0.05) is 20.2 Å². The van der Waals surface area contributed by atoms with E-state index in [0.717, 1.165) is 32.4 Å². The van der Waals surface area contributed by atoms with Crippen LogP contribution in [-0.4, -0.2) is 43.3 Å². The number of nitrogens with one attached hydrogen (secondary N) is 1. The van der Waals surface area contributed by atoms with Crippen molar-refractivity contribution in [1.82, 2.24) is 10.2 Å². The molecule has 0 aromatic rings. The number of rotatable bonds is 3. The predicted octanol–water partition coefficient (Wildman–Crippen LogP) is 0.971. The summed E-state index contributed by atoms with van der Waals surface area (Å²) in [6.45, 7) is 2.38. The normalized spacial score (nSPS) is 25.5. The number of ether oxygens (including phenoxy) is 1. The molecule has 1 saturated heterocycles. The largest absolute Gasteiger partial charge is 0.382 e. The standard InChI is InChI=1S/C10H18N2O2/c1-14-8-10(4-2-5-10)12-7-3-6-11-9(12)13/h2-8H2,1H3,(H,11,13). The van der Waals surface area contributed by atoms with E-state index in [0.29, 0.717) is 6.61 Å². The third-order valence-corrected chi connectivity index (χ3v) is 3.35. The van der Waals surface area contributed by atoms with Gasteiger partial charge < -0.3 is 15.0 Å². The quantitative estimate of drug-likeness (QED) is 0.734. The lowest BCUT2D eigenvalue weighted by atomic mass is 9.75. The summed E-state index contributed by atoms with van der Waals surface area (Å²) >= 11 is 0. The molecule has 0 unspecified atom stereocenters. The molecule has 1 heterocycles. The minimum absolute atomic E-state index is 0.0131. The lowest BCUT2D eigenvalue weighted by molar-refractivity contribution is -0.0235. The lowest BCUT2D eigenvalue weighted by Gasteiger charge is -2.51. The number of hydrogen-bond donors (Lipinski definition) is 1. The van der Waals surface area contributed by atoms with Crippen molar-refractivity contribution in [1.29, 1.82) is 0 Å². The molecule has 0 aromatic carbocycles. The molecule has 4 heteroatoms. The Bertz CT molecular complexity index is 226. The maximum absolute atomic E-state index is 11.7. The van der Waals surface area contributed by atoms with Gasteiger partial charge in [-0.25, -0.2) is 4.79 Å². The maximum Gasteiger partial charge on any atom is 0.317 e. The monoisotopic (exact) mass is 198 g/mol. The van der Waals surface area contributed by atoms with Crippen LogP contribution in [0.15, 0.2) is 0 Å². The molecule has 2 fully saturated rings. The first-order valence-corrected chi connectivity index (χ1v) is 5.33. The Labute approximate surface area is 84.6 Å². The Morgan fingerprint density at radius 1 is 1.50 bits per heavy atom. The van der Waals surface area contributed by atoms with Gasteiger partial charge in [-0.3, -0.25) is 0 Å². The van der Waals surface area contributed by atoms with Crippen LogP contribution in [0, 0.1) is 0 Å². The zero-order valence-electron chi connectivity index (χ0n) is 8.71. The van der Waals surface area contributed by atoms with Gasteiger partial charge >= 0.3 is 6.03 Å². The number of amides is 2.